The average Bonchev–Trinajstić information content (AvgIpc) is 1.78. The van der Waals surface area contributed by atoms with E-state index in [1.165, 1.54) is 0 Å². The van der Waals surface area contributed by atoms with E-state index in [4.69, 9.17) is 5.11 Å². The van der Waals surface area contributed by atoms with Crippen LogP contribution in [0.1, 0.15) is 19.8 Å². The molecule has 0 bridgehead atoms. The van der Waals surface area contributed by atoms with Gasteiger partial charge in [0.15, 0.2) is 0 Å². The van der Waals surface area contributed by atoms with Crippen LogP contribution in [0.3, 0.4) is 0 Å². The highest BCUT2D eigenvalue weighted by Crippen LogP contribution is 1.98. The molecule has 0 fully saturated rings. The summed E-state index contributed by atoms with van der Waals surface area (Å²) in [5, 5.41) is 8.93. The van der Waals surface area contributed by atoms with Gasteiger partial charge in [0.1, 0.15) is 8.07 Å². The molecule has 0 heterocycles. The lowest BCUT2D eigenvalue weighted by Crippen LogP contribution is -2.16. The maximum Gasteiger partial charge on any atom is 0.129 e. The Bertz CT molecular complexity index is 157. The summed E-state index contributed by atoms with van der Waals surface area (Å²) in [4.78, 5) is 0. The molecule has 11 heavy (non-hydrogen) atoms. The molecule has 2 heteroatoms. The third-order valence-corrected chi connectivity index (χ3v) is 2.08. The molecule has 0 unspecified atom stereocenters. The highest BCUT2D eigenvalue weighted by Gasteiger charge is 2.06. The fourth-order valence-corrected chi connectivity index (χ4v) is 1.26. The van der Waals surface area contributed by atoms with Crippen LogP contribution in [0.2, 0.25) is 19.6 Å². The maximum atomic E-state index is 8.93. The van der Waals surface area contributed by atoms with Crippen LogP contribution >= 0.6 is 0 Å². The van der Waals surface area contributed by atoms with Gasteiger partial charge in [-0.25, -0.2) is 0 Å². The zero-order valence-electron chi connectivity index (χ0n) is 7.94. The minimum Gasteiger partial charge on any atom is -0.393 e. The van der Waals surface area contributed by atoms with Crippen LogP contribution < -0.4 is 0 Å². The predicted molar refractivity (Wildman–Crippen MR) is 52.0 cm³/mol. The van der Waals surface area contributed by atoms with Gasteiger partial charge in [-0.1, -0.05) is 19.6 Å². The molecular formula is C9H18OSi. The van der Waals surface area contributed by atoms with E-state index >= 15 is 0 Å². The Kier molecular flexibility index (Phi) is 4.47. The molecule has 0 aromatic carbocycles. The van der Waals surface area contributed by atoms with Crippen molar-refractivity contribution in [2.24, 2.45) is 0 Å². The summed E-state index contributed by atoms with van der Waals surface area (Å²) < 4.78 is 0. The molecule has 0 aromatic heterocycles. The molecule has 0 saturated carbocycles. The summed E-state index contributed by atoms with van der Waals surface area (Å²) in [5.74, 6) is 3.11. The number of rotatable bonds is 2. The van der Waals surface area contributed by atoms with Gasteiger partial charge in [-0.2, -0.15) is 0 Å². The number of aliphatic hydroxyl groups excluding tert-OH is 1. The lowest BCUT2D eigenvalue weighted by molar-refractivity contribution is 0.186. The molecule has 0 saturated heterocycles. The topological polar surface area (TPSA) is 20.2 Å². The van der Waals surface area contributed by atoms with Crippen LogP contribution in [-0.2, 0) is 0 Å². The van der Waals surface area contributed by atoms with E-state index < -0.39 is 8.07 Å². The molecule has 0 aliphatic rings. The second-order valence-electron chi connectivity index (χ2n) is 3.94. The summed E-state index contributed by atoms with van der Waals surface area (Å²) in [6, 6.07) is 0. The van der Waals surface area contributed by atoms with Gasteiger partial charge in [0.25, 0.3) is 0 Å². The van der Waals surface area contributed by atoms with Crippen molar-refractivity contribution >= 4 is 8.07 Å². The van der Waals surface area contributed by atoms with Gasteiger partial charge in [-0.15, -0.1) is 11.5 Å². The van der Waals surface area contributed by atoms with Crippen LogP contribution in [0.4, 0.5) is 0 Å². The third-order valence-electron chi connectivity index (χ3n) is 1.15. The summed E-state index contributed by atoms with van der Waals surface area (Å²) in [5.41, 5.74) is 3.26. The van der Waals surface area contributed by atoms with E-state index in [1.54, 1.807) is 6.92 Å². The lowest BCUT2D eigenvalue weighted by atomic mass is 10.2. The van der Waals surface area contributed by atoms with Crippen LogP contribution in [-0.4, -0.2) is 19.3 Å². The minimum atomic E-state index is -1.17. The van der Waals surface area contributed by atoms with Gasteiger partial charge in [-0.05, 0) is 13.3 Å². The largest absolute Gasteiger partial charge is 0.393 e. The number of aliphatic hydroxyl groups is 1. The first kappa shape index (κ1) is 10.7. The van der Waals surface area contributed by atoms with E-state index in [-0.39, 0.29) is 6.10 Å². The summed E-state index contributed by atoms with van der Waals surface area (Å²) >= 11 is 0. The second-order valence-corrected chi connectivity index (χ2v) is 8.69. The highest BCUT2D eigenvalue weighted by atomic mass is 28.3. The predicted octanol–water partition coefficient (Wildman–Crippen LogP) is 2.03. The molecule has 1 atom stereocenters. The fraction of sp³-hybridized carbons (Fsp3) is 0.778. The van der Waals surface area contributed by atoms with Crippen molar-refractivity contribution in [1.82, 2.24) is 0 Å². The SMILES string of the molecule is C[C@@H](O)CCC#C[Si](C)(C)C. The third kappa shape index (κ3) is 9.74. The standard InChI is InChI=1S/C9H18OSi/c1-9(10)7-5-6-8-11(2,3)4/h9-10H,5,7H2,1-4H3/t9-/m1/s1. The van der Waals surface area contributed by atoms with Gasteiger partial charge in [-0.3, -0.25) is 0 Å². The quantitative estimate of drug-likeness (QED) is 0.496. The number of hydrogen-bond donors (Lipinski definition) is 1. The summed E-state index contributed by atoms with van der Waals surface area (Å²) in [6.45, 7) is 8.48. The van der Waals surface area contributed by atoms with Gasteiger partial charge in [0.2, 0.25) is 0 Å². The van der Waals surface area contributed by atoms with E-state index in [0.717, 1.165) is 12.8 Å². The van der Waals surface area contributed by atoms with Gasteiger partial charge in [0.05, 0.1) is 6.10 Å². The maximum absolute atomic E-state index is 8.93. The first-order valence-corrected chi connectivity index (χ1v) is 7.60. The first-order valence-electron chi connectivity index (χ1n) is 4.10. The van der Waals surface area contributed by atoms with Crippen LogP contribution in [0.25, 0.3) is 0 Å². The molecular weight excluding hydrogens is 152 g/mol. The molecule has 0 aromatic rings. The monoisotopic (exact) mass is 170 g/mol. The number of hydrogen-bond acceptors (Lipinski definition) is 1. The van der Waals surface area contributed by atoms with Crippen molar-refractivity contribution in [3.8, 4) is 11.5 Å². The van der Waals surface area contributed by atoms with Crippen LogP contribution in [0, 0.1) is 11.5 Å². The van der Waals surface area contributed by atoms with E-state index in [1.807, 2.05) is 0 Å². The molecule has 1 N–H and O–H groups in total. The Hall–Kier alpha value is -0.263. The van der Waals surface area contributed by atoms with Crippen molar-refractivity contribution in [3.05, 3.63) is 0 Å². The van der Waals surface area contributed by atoms with Crippen LogP contribution in [0.15, 0.2) is 0 Å². The lowest BCUT2D eigenvalue weighted by Gasteiger charge is -2.03. The Morgan fingerprint density at radius 3 is 2.27 bits per heavy atom. The molecule has 0 aliphatic heterocycles. The van der Waals surface area contributed by atoms with Crippen molar-refractivity contribution in [2.45, 2.75) is 45.5 Å². The van der Waals surface area contributed by atoms with Crippen molar-refractivity contribution in [2.75, 3.05) is 0 Å². The normalized spacial score (nSPS) is 13.5. The Morgan fingerprint density at radius 2 is 1.91 bits per heavy atom. The zero-order chi connectivity index (χ0) is 8.91. The van der Waals surface area contributed by atoms with Gasteiger partial charge in [0, 0.05) is 6.42 Å². The Balaban J connectivity index is 3.57. The van der Waals surface area contributed by atoms with Crippen molar-refractivity contribution in [3.63, 3.8) is 0 Å². The molecule has 0 amide bonds. The summed E-state index contributed by atoms with van der Waals surface area (Å²) in [6.07, 6.45) is 1.44. The van der Waals surface area contributed by atoms with Crippen LogP contribution in [0.5, 0.6) is 0 Å². The minimum absolute atomic E-state index is 0.203. The van der Waals surface area contributed by atoms with Crippen molar-refractivity contribution in [1.29, 1.82) is 0 Å². The highest BCUT2D eigenvalue weighted by molar-refractivity contribution is 6.83. The van der Waals surface area contributed by atoms with Gasteiger partial charge < -0.3 is 5.11 Å². The Labute approximate surface area is 70.8 Å². The van der Waals surface area contributed by atoms with E-state index in [9.17, 15) is 0 Å². The summed E-state index contributed by atoms with van der Waals surface area (Å²) in [7, 11) is -1.17. The smallest absolute Gasteiger partial charge is 0.129 e. The van der Waals surface area contributed by atoms with E-state index in [2.05, 4.69) is 31.1 Å². The molecule has 64 valence electrons. The van der Waals surface area contributed by atoms with Crippen molar-refractivity contribution < 1.29 is 5.11 Å². The van der Waals surface area contributed by atoms with E-state index in [0.29, 0.717) is 0 Å². The second kappa shape index (κ2) is 4.58. The molecule has 1 nitrogen and oxygen atoms in total. The molecule has 0 radical (unpaired) electrons. The Morgan fingerprint density at radius 1 is 1.36 bits per heavy atom. The van der Waals surface area contributed by atoms with Gasteiger partial charge >= 0.3 is 0 Å². The fourth-order valence-electron chi connectivity index (χ4n) is 0.609. The zero-order valence-corrected chi connectivity index (χ0v) is 8.94. The first-order chi connectivity index (χ1) is 4.92. The molecule has 0 rings (SSSR count). The molecule has 0 spiro atoms. The average molecular weight is 170 g/mol. The molecule has 0 aliphatic carbocycles.